The van der Waals surface area contributed by atoms with Gasteiger partial charge >= 0.3 is 5.97 Å². The molecular formula is C11H15NO3. The van der Waals surface area contributed by atoms with Crippen LogP contribution in [-0.2, 0) is 0 Å². The van der Waals surface area contributed by atoms with Gasteiger partial charge in [-0.15, -0.1) is 0 Å². The largest absolute Gasteiger partial charge is 0.493 e. The van der Waals surface area contributed by atoms with E-state index in [2.05, 4.69) is 0 Å². The maximum absolute atomic E-state index is 10.9. The van der Waals surface area contributed by atoms with E-state index in [1.807, 2.05) is 6.92 Å². The van der Waals surface area contributed by atoms with Gasteiger partial charge < -0.3 is 15.6 Å². The molecule has 0 bridgehead atoms. The third kappa shape index (κ3) is 3.16. The summed E-state index contributed by atoms with van der Waals surface area (Å²) in [6.45, 7) is 2.57. The second kappa shape index (κ2) is 5.24. The zero-order valence-electron chi connectivity index (χ0n) is 8.69. The number of anilines is 1. The molecule has 4 nitrogen and oxygen atoms in total. The summed E-state index contributed by atoms with van der Waals surface area (Å²) < 4.78 is 5.36. The van der Waals surface area contributed by atoms with E-state index >= 15 is 0 Å². The Morgan fingerprint density at radius 1 is 1.53 bits per heavy atom. The van der Waals surface area contributed by atoms with E-state index in [0.29, 0.717) is 18.0 Å². The molecule has 0 atom stereocenters. The van der Waals surface area contributed by atoms with E-state index < -0.39 is 5.97 Å². The molecule has 4 heteroatoms. The predicted molar refractivity (Wildman–Crippen MR) is 58.2 cm³/mol. The van der Waals surface area contributed by atoms with Crippen molar-refractivity contribution in [3.63, 3.8) is 0 Å². The number of ether oxygens (including phenoxy) is 1. The van der Waals surface area contributed by atoms with Crippen LogP contribution in [0.1, 0.15) is 30.1 Å². The third-order valence-electron chi connectivity index (χ3n) is 1.99. The third-order valence-corrected chi connectivity index (χ3v) is 1.99. The highest BCUT2D eigenvalue weighted by Gasteiger charge is 2.11. The van der Waals surface area contributed by atoms with Gasteiger partial charge in [0.1, 0.15) is 11.3 Å². The minimum atomic E-state index is -1.02. The van der Waals surface area contributed by atoms with Gasteiger partial charge in [-0.25, -0.2) is 4.79 Å². The van der Waals surface area contributed by atoms with E-state index in [-0.39, 0.29) is 5.56 Å². The molecule has 0 aliphatic heterocycles. The van der Waals surface area contributed by atoms with E-state index in [9.17, 15) is 4.79 Å². The Labute approximate surface area is 88.7 Å². The van der Waals surface area contributed by atoms with Crippen LogP contribution in [0.15, 0.2) is 18.2 Å². The van der Waals surface area contributed by atoms with Gasteiger partial charge in [0.2, 0.25) is 0 Å². The van der Waals surface area contributed by atoms with Gasteiger partial charge in [0.15, 0.2) is 0 Å². The Bertz CT molecular complexity index is 350. The van der Waals surface area contributed by atoms with Crippen molar-refractivity contribution in [3.8, 4) is 5.75 Å². The van der Waals surface area contributed by atoms with E-state index in [0.717, 1.165) is 12.8 Å². The molecule has 0 amide bonds. The fourth-order valence-corrected chi connectivity index (χ4v) is 1.17. The van der Waals surface area contributed by atoms with Crippen LogP contribution in [0.4, 0.5) is 5.69 Å². The molecule has 0 radical (unpaired) electrons. The molecule has 3 N–H and O–H groups in total. The van der Waals surface area contributed by atoms with Gasteiger partial charge in [-0.2, -0.15) is 0 Å². The predicted octanol–water partition coefficient (Wildman–Crippen LogP) is 2.15. The van der Waals surface area contributed by atoms with Crippen molar-refractivity contribution in [1.82, 2.24) is 0 Å². The first kappa shape index (κ1) is 11.4. The summed E-state index contributed by atoms with van der Waals surface area (Å²) in [5.41, 5.74) is 6.04. The summed E-state index contributed by atoms with van der Waals surface area (Å²) in [5, 5.41) is 8.91. The number of hydrogen-bond donors (Lipinski definition) is 2. The monoisotopic (exact) mass is 209 g/mol. The second-order valence-electron chi connectivity index (χ2n) is 3.26. The molecule has 1 rings (SSSR count). The average molecular weight is 209 g/mol. The Morgan fingerprint density at radius 3 is 2.87 bits per heavy atom. The number of nitrogen functional groups attached to an aromatic ring is 1. The minimum absolute atomic E-state index is 0.117. The molecule has 0 aliphatic carbocycles. The second-order valence-corrected chi connectivity index (χ2v) is 3.26. The van der Waals surface area contributed by atoms with Gasteiger partial charge in [0, 0.05) is 5.69 Å². The van der Waals surface area contributed by atoms with Crippen LogP contribution < -0.4 is 10.5 Å². The lowest BCUT2D eigenvalue weighted by Gasteiger charge is -2.08. The number of hydrogen-bond acceptors (Lipinski definition) is 3. The van der Waals surface area contributed by atoms with E-state index in [1.54, 1.807) is 12.1 Å². The Balaban J connectivity index is 2.81. The summed E-state index contributed by atoms with van der Waals surface area (Å²) in [6, 6.07) is 4.63. The van der Waals surface area contributed by atoms with Crippen LogP contribution in [0.25, 0.3) is 0 Å². The maximum atomic E-state index is 10.9. The zero-order chi connectivity index (χ0) is 11.3. The molecule has 1 aromatic rings. The molecule has 0 aromatic heterocycles. The molecule has 0 saturated heterocycles. The molecule has 0 saturated carbocycles. The molecule has 0 unspecified atom stereocenters. The van der Waals surface area contributed by atoms with Crippen LogP contribution in [0.3, 0.4) is 0 Å². The lowest BCUT2D eigenvalue weighted by atomic mass is 10.2. The van der Waals surface area contributed by atoms with Gasteiger partial charge in [-0.3, -0.25) is 0 Å². The van der Waals surface area contributed by atoms with Crippen LogP contribution in [-0.4, -0.2) is 17.7 Å². The van der Waals surface area contributed by atoms with Crippen molar-refractivity contribution in [1.29, 1.82) is 0 Å². The van der Waals surface area contributed by atoms with Crippen molar-refractivity contribution < 1.29 is 14.6 Å². The molecular weight excluding hydrogens is 194 g/mol. The summed E-state index contributed by atoms with van der Waals surface area (Å²) in [7, 11) is 0. The first-order valence-corrected chi connectivity index (χ1v) is 4.90. The van der Waals surface area contributed by atoms with Crippen LogP contribution in [0.2, 0.25) is 0 Å². The van der Waals surface area contributed by atoms with Crippen LogP contribution in [0, 0.1) is 0 Å². The lowest BCUT2D eigenvalue weighted by Crippen LogP contribution is -2.05. The molecule has 0 spiro atoms. The van der Waals surface area contributed by atoms with Crippen molar-refractivity contribution >= 4 is 11.7 Å². The van der Waals surface area contributed by atoms with E-state index in [4.69, 9.17) is 15.6 Å². The SMILES string of the molecule is CCCCOc1ccc(N)cc1C(=O)O. The Hall–Kier alpha value is -1.71. The van der Waals surface area contributed by atoms with Gasteiger partial charge in [0.05, 0.1) is 6.61 Å². The van der Waals surface area contributed by atoms with Gasteiger partial charge in [-0.1, -0.05) is 13.3 Å². The number of carboxylic acid groups (broad SMARTS) is 1. The summed E-state index contributed by atoms with van der Waals surface area (Å²) in [5.74, 6) is -0.640. The molecule has 0 aliphatic rings. The number of aromatic carboxylic acids is 1. The first-order chi connectivity index (χ1) is 7.15. The highest BCUT2D eigenvalue weighted by Crippen LogP contribution is 2.21. The van der Waals surface area contributed by atoms with Crippen molar-refractivity contribution in [3.05, 3.63) is 23.8 Å². The van der Waals surface area contributed by atoms with Crippen molar-refractivity contribution in [2.45, 2.75) is 19.8 Å². The molecule has 82 valence electrons. The fraction of sp³-hybridized carbons (Fsp3) is 0.364. The fourth-order valence-electron chi connectivity index (χ4n) is 1.17. The first-order valence-electron chi connectivity index (χ1n) is 4.90. The number of benzene rings is 1. The number of carboxylic acids is 1. The number of carbonyl (C=O) groups is 1. The van der Waals surface area contributed by atoms with Crippen LogP contribution >= 0.6 is 0 Å². The topological polar surface area (TPSA) is 72.5 Å². The average Bonchev–Trinajstić information content (AvgIpc) is 2.20. The highest BCUT2D eigenvalue weighted by molar-refractivity contribution is 5.92. The maximum Gasteiger partial charge on any atom is 0.339 e. The summed E-state index contributed by atoms with van der Waals surface area (Å²) in [6.07, 6.45) is 1.92. The summed E-state index contributed by atoms with van der Waals surface area (Å²) >= 11 is 0. The smallest absolute Gasteiger partial charge is 0.339 e. The van der Waals surface area contributed by atoms with E-state index in [1.165, 1.54) is 6.07 Å². The number of nitrogens with two attached hydrogens (primary N) is 1. The quantitative estimate of drug-likeness (QED) is 0.575. The zero-order valence-corrected chi connectivity index (χ0v) is 8.69. The lowest BCUT2D eigenvalue weighted by molar-refractivity contribution is 0.0692. The standard InChI is InChI=1S/C11H15NO3/c1-2-3-6-15-10-5-4-8(12)7-9(10)11(13)14/h4-5,7H,2-3,6,12H2,1H3,(H,13,14). The number of rotatable bonds is 5. The van der Waals surface area contributed by atoms with Crippen LogP contribution in [0.5, 0.6) is 5.75 Å². The van der Waals surface area contributed by atoms with Crippen molar-refractivity contribution in [2.24, 2.45) is 0 Å². The molecule has 0 fully saturated rings. The van der Waals surface area contributed by atoms with Crippen molar-refractivity contribution in [2.75, 3.05) is 12.3 Å². The van der Waals surface area contributed by atoms with Gasteiger partial charge in [-0.05, 0) is 24.6 Å². The normalized spacial score (nSPS) is 9.93. The summed E-state index contributed by atoms with van der Waals surface area (Å²) in [4.78, 5) is 10.9. The minimum Gasteiger partial charge on any atom is -0.493 e. The van der Waals surface area contributed by atoms with Gasteiger partial charge in [0.25, 0.3) is 0 Å². The highest BCUT2D eigenvalue weighted by atomic mass is 16.5. The molecule has 0 heterocycles. The Kier molecular flexibility index (Phi) is 3.97. The number of unbranched alkanes of at least 4 members (excludes halogenated alkanes) is 1. The molecule has 1 aromatic carbocycles. The Morgan fingerprint density at radius 2 is 2.27 bits per heavy atom. The molecule has 15 heavy (non-hydrogen) atoms.